The van der Waals surface area contributed by atoms with Gasteiger partial charge in [-0.25, -0.2) is 13.2 Å². The summed E-state index contributed by atoms with van der Waals surface area (Å²) >= 11 is 0. The Kier molecular flexibility index (Phi) is 4.24. The molecule has 2 nitrogen and oxygen atoms in total. The van der Waals surface area contributed by atoms with E-state index in [1.807, 2.05) is 0 Å². The number of ether oxygens (including phenoxy) is 1. The van der Waals surface area contributed by atoms with Gasteiger partial charge >= 0.3 is 0 Å². The van der Waals surface area contributed by atoms with E-state index in [-0.39, 0.29) is 11.7 Å². The topological polar surface area (TPSA) is 35.2 Å². The van der Waals surface area contributed by atoms with Gasteiger partial charge in [0.25, 0.3) is 0 Å². The van der Waals surface area contributed by atoms with Gasteiger partial charge in [0.05, 0.1) is 6.10 Å². The standard InChI is InChI=1S/C13H16F3NO/c14-10-7-12(16)11(15)6-9(10)13(17)4-3-8-2-1-5-18-8/h6-8,13H,1-5,17H2. The zero-order valence-electron chi connectivity index (χ0n) is 9.96. The van der Waals surface area contributed by atoms with Crippen LogP contribution in [0.2, 0.25) is 0 Å². The minimum atomic E-state index is -1.19. The van der Waals surface area contributed by atoms with Gasteiger partial charge in [0.2, 0.25) is 0 Å². The number of benzene rings is 1. The highest BCUT2D eigenvalue weighted by Gasteiger charge is 2.20. The zero-order chi connectivity index (χ0) is 13.1. The molecule has 1 fully saturated rings. The van der Waals surface area contributed by atoms with Crippen molar-refractivity contribution < 1.29 is 17.9 Å². The number of rotatable bonds is 4. The first-order chi connectivity index (χ1) is 8.58. The Morgan fingerprint density at radius 2 is 1.94 bits per heavy atom. The van der Waals surface area contributed by atoms with Crippen LogP contribution in [0.1, 0.15) is 37.3 Å². The lowest BCUT2D eigenvalue weighted by molar-refractivity contribution is 0.101. The van der Waals surface area contributed by atoms with Crippen molar-refractivity contribution in [3.63, 3.8) is 0 Å². The Hall–Kier alpha value is -1.07. The average molecular weight is 259 g/mol. The molecule has 0 aromatic heterocycles. The SMILES string of the molecule is NC(CCC1CCCO1)c1cc(F)c(F)cc1F. The fraction of sp³-hybridized carbons (Fsp3) is 0.538. The van der Waals surface area contributed by atoms with E-state index in [0.29, 0.717) is 18.9 Å². The Bertz CT molecular complexity index is 419. The second-order valence-corrected chi connectivity index (χ2v) is 4.61. The van der Waals surface area contributed by atoms with E-state index in [4.69, 9.17) is 10.5 Å². The molecule has 0 bridgehead atoms. The summed E-state index contributed by atoms with van der Waals surface area (Å²) < 4.78 is 44.7. The molecule has 1 saturated heterocycles. The minimum absolute atomic E-state index is 0.0203. The van der Waals surface area contributed by atoms with Crippen LogP contribution in [-0.2, 0) is 4.74 Å². The highest BCUT2D eigenvalue weighted by atomic mass is 19.2. The molecule has 18 heavy (non-hydrogen) atoms. The number of halogens is 3. The number of hydrogen-bond donors (Lipinski definition) is 1. The zero-order valence-corrected chi connectivity index (χ0v) is 9.96. The Balaban J connectivity index is 1.99. The molecule has 0 amide bonds. The smallest absolute Gasteiger partial charge is 0.161 e. The lowest BCUT2D eigenvalue weighted by Crippen LogP contribution is -2.16. The summed E-state index contributed by atoms with van der Waals surface area (Å²) in [7, 11) is 0. The minimum Gasteiger partial charge on any atom is -0.378 e. The highest BCUT2D eigenvalue weighted by Crippen LogP contribution is 2.25. The van der Waals surface area contributed by atoms with Gasteiger partial charge in [-0.3, -0.25) is 0 Å². The Morgan fingerprint density at radius 1 is 1.22 bits per heavy atom. The summed E-state index contributed by atoms with van der Waals surface area (Å²) in [6, 6.07) is 0.742. The Morgan fingerprint density at radius 3 is 2.61 bits per heavy atom. The van der Waals surface area contributed by atoms with E-state index in [2.05, 4.69) is 0 Å². The molecule has 1 aromatic rings. The van der Waals surface area contributed by atoms with Gasteiger partial charge in [-0.2, -0.15) is 0 Å². The van der Waals surface area contributed by atoms with Gasteiger partial charge in [0, 0.05) is 24.3 Å². The quantitative estimate of drug-likeness (QED) is 0.843. The number of nitrogens with two attached hydrogens (primary N) is 1. The van der Waals surface area contributed by atoms with Crippen molar-refractivity contribution in [2.75, 3.05) is 6.61 Å². The van der Waals surface area contributed by atoms with Crippen molar-refractivity contribution in [3.05, 3.63) is 35.1 Å². The van der Waals surface area contributed by atoms with Crippen LogP contribution in [0.3, 0.4) is 0 Å². The van der Waals surface area contributed by atoms with Gasteiger partial charge in [-0.15, -0.1) is 0 Å². The monoisotopic (exact) mass is 259 g/mol. The maximum Gasteiger partial charge on any atom is 0.161 e. The van der Waals surface area contributed by atoms with Gasteiger partial charge < -0.3 is 10.5 Å². The molecule has 0 saturated carbocycles. The van der Waals surface area contributed by atoms with E-state index in [0.717, 1.165) is 25.5 Å². The number of hydrogen-bond acceptors (Lipinski definition) is 2. The molecule has 100 valence electrons. The van der Waals surface area contributed by atoms with Gasteiger partial charge in [-0.05, 0) is 31.7 Å². The van der Waals surface area contributed by atoms with Gasteiger partial charge in [-0.1, -0.05) is 0 Å². The van der Waals surface area contributed by atoms with E-state index < -0.39 is 23.5 Å². The van der Waals surface area contributed by atoms with Crippen molar-refractivity contribution >= 4 is 0 Å². The van der Waals surface area contributed by atoms with Crippen molar-refractivity contribution in [1.29, 1.82) is 0 Å². The molecule has 1 heterocycles. The molecule has 1 aliphatic heterocycles. The predicted molar refractivity (Wildman–Crippen MR) is 61.5 cm³/mol. The molecule has 2 N–H and O–H groups in total. The molecule has 1 aromatic carbocycles. The van der Waals surface area contributed by atoms with Gasteiger partial charge in [0.1, 0.15) is 5.82 Å². The highest BCUT2D eigenvalue weighted by molar-refractivity contribution is 5.23. The van der Waals surface area contributed by atoms with Gasteiger partial charge in [0.15, 0.2) is 11.6 Å². The van der Waals surface area contributed by atoms with Crippen LogP contribution in [0.4, 0.5) is 13.2 Å². The third-order valence-electron chi connectivity index (χ3n) is 3.26. The predicted octanol–water partition coefficient (Wildman–Crippen LogP) is 3.06. The van der Waals surface area contributed by atoms with Crippen molar-refractivity contribution in [3.8, 4) is 0 Å². The average Bonchev–Trinajstić information content (AvgIpc) is 2.84. The van der Waals surface area contributed by atoms with Crippen LogP contribution in [0.15, 0.2) is 12.1 Å². The summed E-state index contributed by atoms with van der Waals surface area (Å²) in [5.74, 6) is -3.06. The third kappa shape index (κ3) is 3.03. The normalized spacial score (nSPS) is 21.2. The first-order valence-electron chi connectivity index (χ1n) is 6.09. The summed E-state index contributed by atoms with van der Waals surface area (Å²) in [5.41, 5.74) is 5.83. The molecule has 5 heteroatoms. The molecule has 0 radical (unpaired) electrons. The summed E-state index contributed by atoms with van der Waals surface area (Å²) in [5, 5.41) is 0. The molecular weight excluding hydrogens is 243 g/mol. The van der Waals surface area contributed by atoms with E-state index in [1.54, 1.807) is 0 Å². The molecule has 1 aliphatic rings. The summed E-state index contributed by atoms with van der Waals surface area (Å²) in [6.45, 7) is 0.749. The van der Waals surface area contributed by atoms with Crippen LogP contribution in [0.5, 0.6) is 0 Å². The summed E-state index contributed by atoms with van der Waals surface area (Å²) in [4.78, 5) is 0. The lowest BCUT2D eigenvalue weighted by atomic mass is 9.99. The van der Waals surface area contributed by atoms with E-state index >= 15 is 0 Å². The van der Waals surface area contributed by atoms with Crippen molar-refractivity contribution in [2.24, 2.45) is 5.73 Å². The Labute approximate surface area is 104 Å². The third-order valence-corrected chi connectivity index (χ3v) is 3.26. The van der Waals surface area contributed by atoms with E-state index in [9.17, 15) is 13.2 Å². The van der Waals surface area contributed by atoms with Crippen LogP contribution in [-0.4, -0.2) is 12.7 Å². The molecule has 2 unspecified atom stereocenters. The largest absolute Gasteiger partial charge is 0.378 e. The second kappa shape index (κ2) is 5.71. The maximum atomic E-state index is 13.5. The first kappa shape index (κ1) is 13.4. The van der Waals surface area contributed by atoms with Crippen LogP contribution in [0.25, 0.3) is 0 Å². The molecule has 0 spiro atoms. The summed E-state index contributed by atoms with van der Waals surface area (Å²) in [6.07, 6.45) is 3.36. The molecule has 0 aliphatic carbocycles. The van der Waals surface area contributed by atoms with Crippen molar-refractivity contribution in [2.45, 2.75) is 37.8 Å². The fourth-order valence-electron chi connectivity index (χ4n) is 2.22. The van der Waals surface area contributed by atoms with E-state index in [1.165, 1.54) is 0 Å². The molecule has 2 atom stereocenters. The lowest BCUT2D eigenvalue weighted by Gasteiger charge is -2.15. The molecule has 2 rings (SSSR count). The van der Waals surface area contributed by atoms with Crippen molar-refractivity contribution in [1.82, 2.24) is 0 Å². The maximum absolute atomic E-state index is 13.5. The van der Waals surface area contributed by atoms with Crippen LogP contribution in [0, 0.1) is 17.5 Å². The van der Waals surface area contributed by atoms with Crippen LogP contribution < -0.4 is 5.73 Å². The first-order valence-corrected chi connectivity index (χ1v) is 6.09. The fourth-order valence-corrected chi connectivity index (χ4v) is 2.22. The van der Waals surface area contributed by atoms with Crippen LogP contribution >= 0.6 is 0 Å². The molecular formula is C13H16F3NO. The second-order valence-electron chi connectivity index (χ2n) is 4.61.